The Labute approximate surface area is 107 Å². The van der Waals surface area contributed by atoms with E-state index in [-0.39, 0.29) is 0 Å². The summed E-state index contributed by atoms with van der Waals surface area (Å²) in [5.41, 5.74) is 11.9. The van der Waals surface area contributed by atoms with Crippen LogP contribution in [0.2, 0.25) is 0 Å². The van der Waals surface area contributed by atoms with Crippen LogP contribution in [0.4, 0.5) is 5.69 Å². The summed E-state index contributed by atoms with van der Waals surface area (Å²) in [4.78, 5) is 0. The van der Waals surface area contributed by atoms with Crippen LogP contribution in [0.15, 0.2) is 30.6 Å². The Morgan fingerprint density at radius 1 is 1.39 bits per heavy atom. The van der Waals surface area contributed by atoms with E-state index in [1.807, 2.05) is 16.9 Å². The van der Waals surface area contributed by atoms with Crippen molar-refractivity contribution in [3.63, 3.8) is 0 Å². The lowest BCUT2D eigenvalue weighted by atomic mass is 10.1. The van der Waals surface area contributed by atoms with Gasteiger partial charge in [-0.25, -0.2) is 0 Å². The van der Waals surface area contributed by atoms with Crippen molar-refractivity contribution in [3.8, 4) is 0 Å². The van der Waals surface area contributed by atoms with Crippen molar-refractivity contribution in [1.82, 2.24) is 9.78 Å². The normalized spacial score (nSPS) is 16.2. The number of benzene rings is 1. The maximum Gasteiger partial charge on any atom is 0.0562 e. The highest BCUT2D eigenvalue weighted by atomic mass is 15.3. The zero-order valence-electron chi connectivity index (χ0n) is 10.6. The van der Waals surface area contributed by atoms with Crippen LogP contribution < -0.4 is 5.73 Å². The number of aryl methyl sites for hydroxylation is 2. The summed E-state index contributed by atoms with van der Waals surface area (Å²) in [5.74, 6) is 0. The molecule has 3 heteroatoms. The molecule has 0 fully saturated rings. The molecule has 0 spiro atoms. The van der Waals surface area contributed by atoms with Gasteiger partial charge in [0.25, 0.3) is 0 Å². The fourth-order valence-electron chi connectivity index (χ4n) is 2.52. The summed E-state index contributed by atoms with van der Waals surface area (Å²) in [5, 5.41) is 4.30. The van der Waals surface area contributed by atoms with Gasteiger partial charge in [0.2, 0.25) is 0 Å². The summed E-state index contributed by atoms with van der Waals surface area (Å²) in [6.07, 6.45) is 8.43. The molecule has 0 bridgehead atoms. The highest BCUT2D eigenvalue weighted by molar-refractivity contribution is 5.85. The van der Waals surface area contributed by atoms with Crippen molar-refractivity contribution >= 4 is 17.3 Å². The quantitative estimate of drug-likeness (QED) is 0.819. The molecule has 0 saturated carbocycles. The van der Waals surface area contributed by atoms with Crippen molar-refractivity contribution in [3.05, 3.63) is 47.3 Å². The lowest BCUT2D eigenvalue weighted by Gasteiger charge is -2.01. The lowest BCUT2D eigenvalue weighted by Crippen LogP contribution is -1.91. The van der Waals surface area contributed by atoms with Crippen molar-refractivity contribution in [2.75, 3.05) is 5.73 Å². The number of hydrogen-bond acceptors (Lipinski definition) is 2. The Balaban J connectivity index is 1.96. The second-order valence-corrected chi connectivity index (χ2v) is 4.72. The van der Waals surface area contributed by atoms with E-state index in [4.69, 9.17) is 5.73 Å². The van der Waals surface area contributed by atoms with Crippen molar-refractivity contribution < 1.29 is 0 Å². The van der Waals surface area contributed by atoms with Crippen molar-refractivity contribution in [2.24, 2.45) is 0 Å². The maximum atomic E-state index is 5.82. The molecule has 92 valence electrons. The highest BCUT2D eigenvalue weighted by Crippen LogP contribution is 2.34. The number of hydrogen-bond donors (Lipinski definition) is 1. The van der Waals surface area contributed by atoms with Gasteiger partial charge in [-0.2, -0.15) is 5.10 Å². The van der Waals surface area contributed by atoms with Crippen molar-refractivity contribution in [1.29, 1.82) is 0 Å². The maximum absolute atomic E-state index is 5.82. The van der Waals surface area contributed by atoms with Crippen LogP contribution >= 0.6 is 0 Å². The fraction of sp³-hybridized carbons (Fsp3) is 0.267. The van der Waals surface area contributed by atoms with Gasteiger partial charge in [-0.05, 0) is 54.7 Å². The van der Waals surface area contributed by atoms with E-state index in [2.05, 4.69) is 36.4 Å². The molecule has 0 saturated heterocycles. The Morgan fingerprint density at radius 3 is 3.06 bits per heavy atom. The van der Waals surface area contributed by atoms with Crippen LogP contribution in [0.5, 0.6) is 0 Å². The minimum atomic E-state index is 0.855. The van der Waals surface area contributed by atoms with E-state index in [9.17, 15) is 0 Å². The lowest BCUT2D eigenvalue weighted by molar-refractivity contribution is 0.660. The topological polar surface area (TPSA) is 43.8 Å². The van der Waals surface area contributed by atoms with Gasteiger partial charge in [0, 0.05) is 24.0 Å². The number of nitrogens with two attached hydrogens (primary N) is 1. The number of fused-ring (bicyclic) bond motifs is 1. The molecule has 1 aromatic heterocycles. The summed E-state index contributed by atoms with van der Waals surface area (Å²) >= 11 is 0. The van der Waals surface area contributed by atoms with Crippen LogP contribution in [-0.4, -0.2) is 9.78 Å². The molecule has 1 aliphatic carbocycles. The second kappa shape index (κ2) is 4.33. The number of rotatable bonds is 2. The monoisotopic (exact) mass is 239 g/mol. The molecule has 1 heterocycles. The van der Waals surface area contributed by atoms with Gasteiger partial charge in [0.05, 0.1) is 6.20 Å². The Hall–Kier alpha value is -2.03. The van der Waals surface area contributed by atoms with Gasteiger partial charge in [-0.15, -0.1) is 0 Å². The van der Waals surface area contributed by atoms with Gasteiger partial charge in [0.15, 0.2) is 0 Å². The van der Waals surface area contributed by atoms with Gasteiger partial charge in [0.1, 0.15) is 0 Å². The molecule has 1 aromatic carbocycles. The van der Waals surface area contributed by atoms with E-state index in [1.165, 1.54) is 22.3 Å². The van der Waals surface area contributed by atoms with Gasteiger partial charge in [-0.1, -0.05) is 6.07 Å². The minimum absolute atomic E-state index is 0.855. The van der Waals surface area contributed by atoms with E-state index in [0.717, 1.165) is 25.1 Å². The third-order valence-corrected chi connectivity index (χ3v) is 3.46. The number of aromatic nitrogens is 2. The molecule has 0 unspecified atom stereocenters. The molecule has 0 radical (unpaired) electrons. The second-order valence-electron chi connectivity index (χ2n) is 4.72. The first kappa shape index (κ1) is 11.1. The first-order valence-corrected chi connectivity index (χ1v) is 6.38. The molecule has 1 aliphatic rings. The SMILES string of the molecule is CCn1cc(C=C2CCc3cc(N)ccc32)cn1. The fourth-order valence-corrected chi connectivity index (χ4v) is 2.52. The standard InChI is InChI=1S/C15H17N3/c1-2-18-10-11(9-17-18)7-12-3-4-13-8-14(16)5-6-15(12)13/h5-10H,2-4,16H2,1H3. The molecule has 0 aliphatic heterocycles. The molecule has 0 atom stereocenters. The molecule has 0 amide bonds. The smallest absolute Gasteiger partial charge is 0.0562 e. The summed E-state index contributed by atoms with van der Waals surface area (Å²) in [6, 6.07) is 6.20. The molecular formula is C15H17N3. The third-order valence-electron chi connectivity index (χ3n) is 3.46. The molecule has 2 aromatic rings. The van der Waals surface area contributed by atoms with Gasteiger partial charge in [-0.3, -0.25) is 4.68 Å². The predicted octanol–water partition coefficient (Wildman–Crippen LogP) is 2.97. The average molecular weight is 239 g/mol. The number of nitrogens with zero attached hydrogens (tertiary/aromatic N) is 2. The predicted molar refractivity (Wildman–Crippen MR) is 74.9 cm³/mol. The van der Waals surface area contributed by atoms with Crippen LogP contribution in [-0.2, 0) is 13.0 Å². The Bertz CT molecular complexity index is 608. The first-order valence-electron chi connectivity index (χ1n) is 6.38. The third kappa shape index (κ3) is 1.92. The summed E-state index contributed by atoms with van der Waals surface area (Å²) < 4.78 is 1.95. The van der Waals surface area contributed by atoms with Crippen LogP contribution in [0.25, 0.3) is 11.6 Å². The van der Waals surface area contributed by atoms with Gasteiger partial charge < -0.3 is 5.73 Å². The molecular weight excluding hydrogens is 222 g/mol. The first-order chi connectivity index (χ1) is 8.76. The zero-order valence-corrected chi connectivity index (χ0v) is 10.6. The number of allylic oxidation sites excluding steroid dienone is 1. The zero-order chi connectivity index (χ0) is 12.5. The summed E-state index contributed by atoms with van der Waals surface area (Å²) in [6.45, 7) is 3.01. The van der Waals surface area contributed by atoms with E-state index >= 15 is 0 Å². The van der Waals surface area contributed by atoms with Crippen molar-refractivity contribution in [2.45, 2.75) is 26.3 Å². The van der Waals surface area contributed by atoms with E-state index in [0.29, 0.717) is 0 Å². The Kier molecular flexibility index (Phi) is 2.67. The molecule has 2 N–H and O–H groups in total. The number of anilines is 1. The van der Waals surface area contributed by atoms with E-state index < -0.39 is 0 Å². The minimum Gasteiger partial charge on any atom is -0.399 e. The van der Waals surface area contributed by atoms with E-state index in [1.54, 1.807) is 0 Å². The molecule has 18 heavy (non-hydrogen) atoms. The number of nitrogen functional groups attached to an aromatic ring is 1. The molecule has 3 nitrogen and oxygen atoms in total. The van der Waals surface area contributed by atoms with Crippen LogP contribution in [0.1, 0.15) is 30.0 Å². The molecule has 3 rings (SSSR count). The van der Waals surface area contributed by atoms with Gasteiger partial charge >= 0.3 is 0 Å². The van der Waals surface area contributed by atoms with Crippen LogP contribution in [0.3, 0.4) is 0 Å². The Morgan fingerprint density at radius 2 is 2.28 bits per heavy atom. The summed E-state index contributed by atoms with van der Waals surface area (Å²) in [7, 11) is 0. The largest absolute Gasteiger partial charge is 0.399 e. The average Bonchev–Trinajstić information content (AvgIpc) is 2.97. The van der Waals surface area contributed by atoms with Crippen LogP contribution in [0, 0.1) is 0 Å². The highest BCUT2D eigenvalue weighted by Gasteiger charge is 2.16.